The summed E-state index contributed by atoms with van der Waals surface area (Å²) in [5, 5.41) is 30.6. The number of aromatic hydroxyl groups is 2. The van der Waals surface area contributed by atoms with Gasteiger partial charge in [0.15, 0.2) is 11.5 Å². The summed E-state index contributed by atoms with van der Waals surface area (Å²) >= 11 is 0. The maximum atomic E-state index is 12.2. The molecule has 1 aromatic carbocycles. The number of phenolic OH excluding ortho intramolecular Hbond substituents is 2. The third kappa shape index (κ3) is 3.90. The van der Waals surface area contributed by atoms with Crippen molar-refractivity contribution in [3.63, 3.8) is 0 Å². The fraction of sp³-hybridized carbons (Fsp3) is 0.500. The van der Waals surface area contributed by atoms with Gasteiger partial charge in [-0.25, -0.2) is 0 Å². The van der Waals surface area contributed by atoms with Gasteiger partial charge in [-0.3, -0.25) is 9.59 Å². The largest absolute Gasteiger partial charge is 0.504 e. The third-order valence-corrected chi connectivity index (χ3v) is 4.17. The van der Waals surface area contributed by atoms with Crippen molar-refractivity contribution in [2.75, 3.05) is 6.54 Å². The van der Waals surface area contributed by atoms with Crippen LogP contribution in [0, 0.1) is 11.8 Å². The number of carboxylic acids is 1. The smallest absolute Gasteiger partial charge is 0.307 e. The molecule has 0 heterocycles. The lowest BCUT2D eigenvalue weighted by molar-refractivity contribution is -0.148. The lowest BCUT2D eigenvalue weighted by Crippen LogP contribution is -2.40. The van der Waals surface area contributed by atoms with E-state index in [-0.39, 0.29) is 17.4 Å². The Balaban J connectivity index is 1.86. The van der Waals surface area contributed by atoms with Crippen molar-refractivity contribution in [3.05, 3.63) is 23.8 Å². The number of carboxylic acid groups (broad SMARTS) is 1. The molecule has 0 bridgehead atoms. The van der Waals surface area contributed by atoms with Crippen molar-refractivity contribution in [1.29, 1.82) is 0 Å². The maximum absolute atomic E-state index is 12.2. The zero-order chi connectivity index (χ0) is 16.1. The number of carbonyl (C=O) groups excluding carboxylic acids is 1. The van der Waals surface area contributed by atoms with Crippen LogP contribution in [0.1, 0.15) is 31.2 Å². The summed E-state index contributed by atoms with van der Waals surface area (Å²) in [6, 6.07) is 4.51. The number of phenols is 2. The van der Waals surface area contributed by atoms with E-state index in [1.165, 1.54) is 12.1 Å². The average Bonchev–Trinajstić information content (AvgIpc) is 2.50. The van der Waals surface area contributed by atoms with Crippen molar-refractivity contribution < 1.29 is 24.9 Å². The molecule has 0 radical (unpaired) electrons. The number of carbonyl (C=O) groups is 2. The van der Waals surface area contributed by atoms with Gasteiger partial charge >= 0.3 is 5.97 Å². The van der Waals surface area contributed by atoms with Crippen molar-refractivity contribution >= 4 is 11.9 Å². The van der Waals surface area contributed by atoms with Crippen LogP contribution in [0.25, 0.3) is 0 Å². The van der Waals surface area contributed by atoms with E-state index < -0.39 is 17.8 Å². The molecule has 0 spiro atoms. The van der Waals surface area contributed by atoms with Gasteiger partial charge in [0.05, 0.1) is 11.8 Å². The predicted molar refractivity (Wildman–Crippen MR) is 79.6 cm³/mol. The van der Waals surface area contributed by atoms with E-state index in [1.54, 1.807) is 6.07 Å². The first-order valence-electron chi connectivity index (χ1n) is 7.50. The van der Waals surface area contributed by atoms with E-state index in [0.29, 0.717) is 25.8 Å². The van der Waals surface area contributed by atoms with Crippen LogP contribution in [0.5, 0.6) is 11.5 Å². The average molecular weight is 307 g/mol. The summed E-state index contributed by atoms with van der Waals surface area (Å²) in [6.45, 7) is 0.367. The lowest BCUT2D eigenvalue weighted by atomic mass is 9.78. The van der Waals surface area contributed by atoms with Crippen molar-refractivity contribution in [2.24, 2.45) is 11.8 Å². The number of amides is 1. The van der Waals surface area contributed by atoms with Crippen LogP contribution in [0.3, 0.4) is 0 Å². The second-order valence-electron chi connectivity index (χ2n) is 5.70. The van der Waals surface area contributed by atoms with Gasteiger partial charge in [-0.1, -0.05) is 18.9 Å². The molecule has 0 unspecified atom stereocenters. The van der Waals surface area contributed by atoms with E-state index in [0.717, 1.165) is 18.4 Å². The Bertz CT molecular complexity index is 557. The van der Waals surface area contributed by atoms with Gasteiger partial charge in [-0.05, 0) is 37.0 Å². The predicted octanol–water partition coefficient (Wildman–Crippen LogP) is 1.65. The Hall–Kier alpha value is -2.24. The third-order valence-electron chi connectivity index (χ3n) is 4.17. The molecule has 1 aliphatic carbocycles. The molecule has 1 amide bonds. The highest BCUT2D eigenvalue weighted by Gasteiger charge is 2.35. The van der Waals surface area contributed by atoms with E-state index in [2.05, 4.69) is 5.32 Å². The number of benzene rings is 1. The number of aliphatic carboxylic acids is 1. The van der Waals surface area contributed by atoms with Gasteiger partial charge in [-0.2, -0.15) is 0 Å². The molecular formula is C16H21NO5. The van der Waals surface area contributed by atoms with Gasteiger partial charge in [-0.15, -0.1) is 0 Å². The molecule has 120 valence electrons. The first kappa shape index (κ1) is 16.1. The summed E-state index contributed by atoms with van der Waals surface area (Å²) in [4.78, 5) is 23.4. The second kappa shape index (κ2) is 7.15. The van der Waals surface area contributed by atoms with Gasteiger partial charge < -0.3 is 20.6 Å². The number of hydrogen-bond acceptors (Lipinski definition) is 4. The molecule has 2 rings (SSSR count). The van der Waals surface area contributed by atoms with Crippen molar-refractivity contribution in [1.82, 2.24) is 5.32 Å². The monoisotopic (exact) mass is 307 g/mol. The summed E-state index contributed by atoms with van der Waals surface area (Å²) < 4.78 is 0. The number of hydrogen-bond donors (Lipinski definition) is 4. The minimum Gasteiger partial charge on any atom is -0.504 e. The number of nitrogens with one attached hydrogen (secondary N) is 1. The number of rotatable bonds is 5. The van der Waals surface area contributed by atoms with Crippen LogP contribution in [0.2, 0.25) is 0 Å². The minimum atomic E-state index is -0.900. The summed E-state index contributed by atoms with van der Waals surface area (Å²) in [6.07, 6.45) is 3.41. The van der Waals surface area contributed by atoms with Crippen LogP contribution >= 0.6 is 0 Å². The molecular weight excluding hydrogens is 286 g/mol. The van der Waals surface area contributed by atoms with E-state index in [4.69, 9.17) is 0 Å². The van der Waals surface area contributed by atoms with Crippen LogP contribution < -0.4 is 5.32 Å². The molecule has 4 N–H and O–H groups in total. The van der Waals surface area contributed by atoms with E-state index in [9.17, 15) is 24.9 Å². The van der Waals surface area contributed by atoms with Crippen LogP contribution in [0.15, 0.2) is 18.2 Å². The SMILES string of the molecule is O=C(O)[C@@H]1CCCC[C@H]1C(=O)NCCc1ccc(O)c(O)c1. The van der Waals surface area contributed by atoms with E-state index >= 15 is 0 Å². The standard InChI is InChI=1S/C16H21NO5/c18-13-6-5-10(9-14(13)19)7-8-17-15(20)11-3-1-2-4-12(11)16(21)22/h5-6,9,11-12,18-19H,1-4,7-8H2,(H,17,20)(H,21,22)/t11-,12-/m1/s1. The first-order valence-corrected chi connectivity index (χ1v) is 7.50. The molecule has 6 heteroatoms. The fourth-order valence-electron chi connectivity index (χ4n) is 2.93. The molecule has 6 nitrogen and oxygen atoms in total. The molecule has 0 aromatic heterocycles. The molecule has 0 aliphatic heterocycles. The van der Waals surface area contributed by atoms with Crippen molar-refractivity contribution in [3.8, 4) is 11.5 Å². The minimum absolute atomic E-state index is 0.181. The van der Waals surface area contributed by atoms with Crippen LogP contribution in [-0.4, -0.2) is 33.7 Å². The molecule has 0 saturated heterocycles. The Morgan fingerprint density at radius 1 is 1.09 bits per heavy atom. The first-order chi connectivity index (χ1) is 10.5. The topological polar surface area (TPSA) is 107 Å². The highest BCUT2D eigenvalue weighted by molar-refractivity contribution is 5.84. The molecule has 2 atom stereocenters. The molecule has 22 heavy (non-hydrogen) atoms. The van der Waals surface area contributed by atoms with Crippen LogP contribution in [-0.2, 0) is 16.0 Å². The summed E-state index contributed by atoms with van der Waals surface area (Å²) in [5.74, 6) is -2.54. The van der Waals surface area contributed by atoms with Crippen molar-refractivity contribution in [2.45, 2.75) is 32.1 Å². The summed E-state index contributed by atoms with van der Waals surface area (Å²) in [5.41, 5.74) is 0.786. The van der Waals surface area contributed by atoms with Gasteiger partial charge in [0, 0.05) is 6.54 Å². The van der Waals surface area contributed by atoms with E-state index in [1.807, 2.05) is 0 Å². The quantitative estimate of drug-likeness (QED) is 0.619. The summed E-state index contributed by atoms with van der Waals surface area (Å²) in [7, 11) is 0. The Morgan fingerprint density at radius 3 is 2.41 bits per heavy atom. The molecule has 1 aliphatic rings. The molecule has 1 aromatic rings. The zero-order valence-electron chi connectivity index (χ0n) is 12.3. The normalized spacial score (nSPS) is 21.3. The van der Waals surface area contributed by atoms with Gasteiger partial charge in [0.2, 0.25) is 5.91 Å². The lowest BCUT2D eigenvalue weighted by Gasteiger charge is -2.27. The van der Waals surface area contributed by atoms with Gasteiger partial charge in [0.25, 0.3) is 0 Å². The molecule has 1 fully saturated rings. The zero-order valence-corrected chi connectivity index (χ0v) is 12.3. The Labute approximate surface area is 128 Å². The highest BCUT2D eigenvalue weighted by Crippen LogP contribution is 2.30. The Kier molecular flexibility index (Phi) is 5.25. The Morgan fingerprint density at radius 2 is 1.77 bits per heavy atom. The van der Waals surface area contributed by atoms with Crippen LogP contribution in [0.4, 0.5) is 0 Å². The van der Waals surface area contributed by atoms with Gasteiger partial charge in [0.1, 0.15) is 0 Å². The fourth-order valence-corrected chi connectivity index (χ4v) is 2.93. The highest BCUT2D eigenvalue weighted by atomic mass is 16.4. The molecule has 1 saturated carbocycles. The maximum Gasteiger partial charge on any atom is 0.307 e. The second-order valence-corrected chi connectivity index (χ2v) is 5.70.